The van der Waals surface area contributed by atoms with E-state index in [1.807, 2.05) is 26.8 Å². The Labute approximate surface area is 168 Å². The van der Waals surface area contributed by atoms with Gasteiger partial charge in [-0.25, -0.2) is 9.78 Å². The first-order valence-corrected chi connectivity index (χ1v) is 10.2. The molecule has 0 N–H and O–H groups in total. The third-order valence-electron chi connectivity index (χ3n) is 5.30. The molecule has 3 rings (SSSR count). The van der Waals surface area contributed by atoms with Crippen molar-refractivity contribution < 1.29 is 9.53 Å². The summed E-state index contributed by atoms with van der Waals surface area (Å²) in [7, 11) is 0. The Kier molecular flexibility index (Phi) is 6.68. The van der Waals surface area contributed by atoms with Gasteiger partial charge in [0.15, 0.2) is 0 Å². The second kappa shape index (κ2) is 9.20. The lowest BCUT2D eigenvalue weighted by molar-refractivity contribution is 0.0377. The Morgan fingerprint density at radius 1 is 1.29 bits per heavy atom. The molecule has 28 heavy (non-hydrogen) atoms. The first-order valence-electron chi connectivity index (χ1n) is 10.2. The van der Waals surface area contributed by atoms with Crippen LogP contribution >= 0.6 is 0 Å². The molecule has 0 radical (unpaired) electrons. The maximum Gasteiger partial charge on any atom is 0.342 e. The van der Waals surface area contributed by atoms with Gasteiger partial charge in [-0.1, -0.05) is 37.3 Å². The predicted octanol–water partition coefficient (Wildman–Crippen LogP) is 4.06. The third kappa shape index (κ3) is 4.71. The van der Waals surface area contributed by atoms with Gasteiger partial charge in [-0.3, -0.25) is 4.90 Å². The standard InChI is InChI=1S/C23H31N3O2/c1-5-25(15-19-9-7-6-8-10-19)20-12-14-26(16-20)22-21(18(4)11-13-24-22)23(27)28-17(2)3/h6-11,13,17,20H,5,12,14-16H2,1-4H3/t20-/m1/s1. The van der Waals surface area contributed by atoms with Crippen LogP contribution in [0.5, 0.6) is 0 Å². The average Bonchev–Trinajstić information content (AvgIpc) is 3.16. The van der Waals surface area contributed by atoms with Crippen molar-refractivity contribution in [3.05, 3.63) is 59.3 Å². The van der Waals surface area contributed by atoms with E-state index >= 15 is 0 Å². The van der Waals surface area contributed by atoms with Gasteiger partial charge in [-0.2, -0.15) is 0 Å². The van der Waals surface area contributed by atoms with E-state index in [0.29, 0.717) is 11.6 Å². The van der Waals surface area contributed by atoms with E-state index in [1.165, 1.54) is 5.56 Å². The minimum Gasteiger partial charge on any atom is -0.459 e. The van der Waals surface area contributed by atoms with E-state index in [1.54, 1.807) is 6.20 Å². The second-order valence-corrected chi connectivity index (χ2v) is 7.72. The Bertz CT molecular complexity index is 792. The van der Waals surface area contributed by atoms with Crippen LogP contribution in [0.2, 0.25) is 0 Å². The number of carbonyl (C=O) groups excluding carboxylic acids is 1. The largest absolute Gasteiger partial charge is 0.459 e. The van der Waals surface area contributed by atoms with Crippen LogP contribution < -0.4 is 4.90 Å². The Morgan fingerprint density at radius 2 is 2.04 bits per heavy atom. The quantitative estimate of drug-likeness (QED) is 0.677. The van der Waals surface area contributed by atoms with Gasteiger partial charge in [0, 0.05) is 31.9 Å². The van der Waals surface area contributed by atoms with Crippen molar-refractivity contribution in [2.24, 2.45) is 0 Å². The summed E-state index contributed by atoms with van der Waals surface area (Å²) >= 11 is 0. The van der Waals surface area contributed by atoms with Crippen LogP contribution in [-0.4, -0.2) is 47.6 Å². The molecule has 1 fully saturated rings. The van der Waals surface area contributed by atoms with E-state index in [0.717, 1.165) is 44.0 Å². The van der Waals surface area contributed by atoms with Crippen molar-refractivity contribution in [1.29, 1.82) is 0 Å². The summed E-state index contributed by atoms with van der Waals surface area (Å²) in [5, 5.41) is 0. The number of ether oxygens (including phenoxy) is 1. The van der Waals surface area contributed by atoms with Gasteiger partial charge in [-0.15, -0.1) is 0 Å². The molecule has 2 aromatic rings. The van der Waals surface area contributed by atoms with Crippen molar-refractivity contribution in [2.45, 2.75) is 52.8 Å². The smallest absolute Gasteiger partial charge is 0.342 e. The van der Waals surface area contributed by atoms with Crippen molar-refractivity contribution >= 4 is 11.8 Å². The molecule has 0 amide bonds. The summed E-state index contributed by atoms with van der Waals surface area (Å²) in [5.74, 6) is 0.472. The molecule has 0 bridgehead atoms. The Morgan fingerprint density at radius 3 is 2.71 bits per heavy atom. The van der Waals surface area contributed by atoms with E-state index in [2.05, 4.69) is 52.0 Å². The van der Waals surface area contributed by atoms with Crippen LogP contribution in [0.1, 0.15) is 48.7 Å². The number of hydrogen-bond donors (Lipinski definition) is 0. The molecule has 1 atom stereocenters. The molecule has 0 unspecified atom stereocenters. The van der Waals surface area contributed by atoms with E-state index in [-0.39, 0.29) is 12.1 Å². The molecule has 5 nitrogen and oxygen atoms in total. The molecule has 1 saturated heterocycles. The van der Waals surface area contributed by atoms with E-state index in [4.69, 9.17) is 4.74 Å². The molecular weight excluding hydrogens is 350 g/mol. The topological polar surface area (TPSA) is 45.7 Å². The van der Waals surface area contributed by atoms with Crippen molar-refractivity contribution in [2.75, 3.05) is 24.5 Å². The minimum atomic E-state index is -0.282. The molecule has 1 aliphatic heterocycles. The average molecular weight is 382 g/mol. The Hall–Kier alpha value is -2.40. The molecule has 0 aliphatic carbocycles. The van der Waals surface area contributed by atoms with E-state index < -0.39 is 0 Å². The second-order valence-electron chi connectivity index (χ2n) is 7.72. The third-order valence-corrected chi connectivity index (χ3v) is 5.30. The minimum absolute atomic E-state index is 0.146. The predicted molar refractivity (Wildman–Crippen MR) is 113 cm³/mol. The van der Waals surface area contributed by atoms with Crippen molar-refractivity contribution in [1.82, 2.24) is 9.88 Å². The van der Waals surface area contributed by atoms with Crippen molar-refractivity contribution in [3.63, 3.8) is 0 Å². The fraction of sp³-hybridized carbons (Fsp3) is 0.478. The number of rotatable bonds is 7. The van der Waals surface area contributed by atoms with Crippen LogP contribution in [0.15, 0.2) is 42.6 Å². The van der Waals surface area contributed by atoms with Gasteiger partial charge in [0.05, 0.1) is 6.10 Å². The van der Waals surface area contributed by atoms with Gasteiger partial charge >= 0.3 is 5.97 Å². The lowest BCUT2D eigenvalue weighted by Crippen LogP contribution is -2.37. The molecular formula is C23H31N3O2. The first-order chi connectivity index (χ1) is 13.5. The van der Waals surface area contributed by atoms with Crippen LogP contribution in [0, 0.1) is 6.92 Å². The molecule has 0 spiro atoms. The molecule has 1 aromatic carbocycles. The highest BCUT2D eigenvalue weighted by atomic mass is 16.5. The molecule has 2 heterocycles. The summed E-state index contributed by atoms with van der Waals surface area (Å²) < 4.78 is 5.48. The number of likely N-dealkylation sites (N-methyl/N-ethyl adjacent to an activating group) is 1. The van der Waals surface area contributed by atoms with Gasteiger partial charge in [0.1, 0.15) is 11.4 Å². The maximum atomic E-state index is 12.7. The number of esters is 1. The molecule has 1 aliphatic rings. The zero-order valence-electron chi connectivity index (χ0n) is 17.4. The maximum absolute atomic E-state index is 12.7. The lowest BCUT2D eigenvalue weighted by atomic mass is 10.1. The number of pyridine rings is 1. The van der Waals surface area contributed by atoms with Crippen LogP contribution in [0.25, 0.3) is 0 Å². The van der Waals surface area contributed by atoms with Crippen molar-refractivity contribution in [3.8, 4) is 0 Å². The number of benzene rings is 1. The van der Waals surface area contributed by atoms with Crippen LogP contribution in [-0.2, 0) is 11.3 Å². The molecule has 0 saturated carbocycles. The molecule has 150 valence electrons. The summed E-state index contributed by atoms with van der Waals surface area (Å²) in [6, 6.07) is 12.9. The summed E-state index contributed by atoms with van der Waals surface area (Å²) in [6.45, 7) is 11.6. The fourth-order valence-electron chi connectivity index (χ4n) is 3.86. The number of carbonyl (C=O) groups is 1. The normalized spacial score (nSPS) is 16.8. The fourth-order valence-corrected chi connectivity index (χ4v) is 3.86. The van der Waals surface area contributed by atoms with Gasteiger partial charge in [-0.05, 0) is 50.9 Å². The summed E-state index contributed by atoms with van der Waals surface area (Å²) in [4.78, 5) is 22.0. The molecule has 5 heteroatoms. The SMILES string of the molecule is CCN(Cc1ccccc1)[C@@H]1CCN(c2nccc(C)c2C(=O)OC(C)C)C1. The monoisotopic (exact) mass is 381 g/mol. The number of aromatic nitrogens is 1. The zero-order chi connectivity index (χ0) is 20.1. The van der Waals surface area contributed by atoms with Gasteiger partial charge in [0.2, 0.25) is 0 Å². The highest BCUT2D eigenvalue weighted by Crippen LogP contribution is 2.28. The Balaban J connectivity index is 1.76. The van der Waals surface area contributed by atoms with E-state index in [9.17, 15) is 4.79 Å². The number of aryl methyl sites for hydroxylation is 1. The van der Waals surface area contributed by atoms with Gasteiger partial charge in [0.25, 0.3) is 0 Å². The number of anilines is 1. The lowest BCUT2D eigenvalue weighted by Gasteiger charge is -2.28. The zero-order valence-corrected chi connectivity index (χ0v) is 17.4. The summed E-state index contributed by atoms with van der Waals surface area (Å²) in [5.41, 5.74) is 2.84. The van der Waals surface area contributed by atoms with Gasteiger partial charge < -0.3 is 9.64 Å². The number of hydrogen-bond acceptors (Lipinski definition) is 5. The molecule has 1 aromatic heterocycles. The van der Waals surface area contributed by atoms with Crippen LogP contribution in [0.3, 0.4) is 0 Å². The first kappa shape index (κ1) is 20.3. The number of nitrogens with zero attached hydrogens (tertiary/aromatic N) is 3. The highest BCUT2D eigenvalue weighted by molar-refractivity contribution is 5.96. The summed E-state index contributed by atoms with van der Waals surface area (Å²) in [6.07, 6.45) is 2.70. The van der Waals surface area contributed by atoms with Crippen LogP contribution in [0.4, 0.5) is 5.82 Å². The highest BCUT2D eigenvalue weighted by Gasteiger charge is 2.31.